The fourth-order valence-corrected chi connectivity index (χ4v) is 2.16. The van der Waals surface area contributed by atoms with E-state index in [4.69, 9.17) is 10.8 Å². The van der Waals surface area contributed by atoms with Crippen molar-refractivity contribution in [1.82, 2.24) is 4.90 Å². The van der Waals surface area contributed by atoms with Crippen molar-refractivity contribution in [1.29, 1.82) is 0 Å². The van der Waals surface area contributed by atoms with Crippen LogP contribution in [0.15, 0.2) is 30.3 Å². The number of nitrogen functional groups attached to an aromatic ring is 1. The van der Waals surface area contributed by atoms with E-state index in [-0.39, 0.29) is 13.0 Å². The molecule has 1 fully saturated rings. The topological polar surface area (TPSA) is 104 Å². The number of aliphatic hydroxyl groups excluding tert-OH is 1. The van der Waals surface area contributed by atoms with Crippen molar-refractivity contribution in [3.8, 4) is 0 Å². The molecule has 6 nitrogen and oxygen atoms in total. The first-order valence-corrected chi connectivity index (χ1v) is 6.22. The number of nitrogens with zero attached hydrogens (tertiary/aromatic N) is 1. The third-order valence-electron chi connectivity index (χ3n) is 3.20. The third kappa shape index (κ3) is 3.16. The number of hydrogen-bond acceptors (Lipinski definition) is 4. The highest BCUT2D eigenvalue weighted by molar-refractivity contribution is 5.94. The summed E-state index contributed by atoms with van der Waals surface area (Å²) in [6, 6.07) is 5.97. The fourth-order valence-electron chi connectivity index (χ4n) is 2.16. The molecule has 2 atom stereocenters. The summed E-state index contributed by atoms with van der Waals surface area (Å²) in [5, 5.41) is 18.5. The molecule has 6 heteroatoms. The molecule has 2 rings (SSSR count). The number of amides is 1. The molecular formula is C14H16N2O4. The molecule has 1 amide bonds. The standard InChI is InChI=1S/C14H16N2O4/c15-10-4-1-9(2-5-10)3-6-13(18)16-8-11(17)7-12(16)14(19)20/h1-6,11-12,17H,7-8,15H2,(H,19,20)/b6-3+/t11-,12-/m0/s1. The van der Waals surface area contributed by atoms with Gasteiger partial charge in [0, 0.05) is 24.7 Å². The Morgan fingerprint density at radius 3 is 2.55 bits per heavy atom. The Morgan fingerprint density at radius 1 is 1.30 bits per heavy atom. The second-order valence-electron chi connectivity index (χ2n) is 4.73. The number of carbonyl (C=O) groups excluding carboxylic acids is 1. The minimum Gasteiger partial charge on any atom is -0.480 e. The number of carboxylic acids is 1. The van der Waals surface area contributed by atoms with Gasteiger partial charge in [-0.05, 0) is 23.8 Å². The smallest absolute Gasteiger partial charge is 0.326 e. The monoisotopic (exact) mass is 276 g/mol. The van der Waals surface area contributed by atoms with Crippen molar-refractivity contribution < 1.29 is 19.8 Å². The Bertz CT molecular complexity index is 539. The van der Waals surface area contributed by atoms with Gasteiger partial charge in [-0.3, -0.25) is 4.79 Å². The molecule has 1 aliphatic rings. The average molecular weight is 276 g/mol. The second-order valence-corrected chi connectivity index (χ2v) is 4.73. The van der Waals surface area contributed by atoms with Gasteiger partial charge in [0.15, 0.2) is 0 Å². The molecule has 1 saturated heterocycles. The summed E-state index contributed by atoms with van der Waals surface area (Å²) in [4.78, 5) is 24.2. The van der Waals surface area contributed by atoms with E-state index in [0.717, 1.165) is 5.56 Å². The van der Waals surface area contributed by atoms with Crippen molar-refractivity contribution in [3.63, 3.8) is 0 Å². The summed E-state index contributed by atoms with van der Waals surface area (Å²) in [5.74, 6) is -1.53. The molecule has 0 saturated carbocycles. The van der Waals surface area contributed by atoms with Gasteiger partial charge in [-0.1, -0.05) is 12.1 Å². The van der Waals surface area contributed by atoms with Crippen molar-refractivity contribution >= 4 is 23.6 Å². The number of carboxylic acid groups (broad SMARTS) is 1. The minimum atomic E-state index is -1.10. The minimum absolute atomic E-state index is 0.0435. The first-order valence-electron chi connectivity index (χ1n) is 6.22. The van der Waals surface area contributed by atoms with E-state index in [9.17, 15) is 14.7 Å². The van der Waals surface area contributed by atoms with E-state index in [1.165, 1.54) is 11.0 Å². The Balaban J connectivity index is 2.07. The maximum absolute atomic E-state index is 12.0. The summed E-state index contributed by atoms with van der Waals surface area (Å²) in [5.41, 5.74) is 6.97. The molecule has 20 heavy (non-hydrogen) atoms. The highest BCUT2D eigenvalue weighted by Crippen LogP contribution is 2.19. The van der Waals surface area contributed by atoms with Crippen LogP contribution in [0.1, 0.15) is 12.0 Å². The van der Waals surface area contributed by atoms with Gasteiger partial charge in [-0.25, -0.2) is 4.79 Å². The van der Waals surface area contributed by atoms with Crippen LogP contribution in [0.3, 0.4) is 0 Å². The van der Waals surface area contributed by atoms with Crippen molar-refractivity contribution in [2.75, 3.05) is 12.3 Å². The highest BCUT2D eigenvalue weighted by atomic mass is 16.4. The molecule has 106 valence electrons. The van der Waals surface area contributed by atoms with E-state index >= 15 is 0 Å². The average Bonchev–Trinajstić information content (AvgIpc) is 2.80. The molecule has 0 spiro atoms. The lowest BCUT2D eigenvalue weighted by molar-refractivity contribution is -0.146. The Hall–Kier alpha value is -2.34. The summed E-state index contributed by atoms with van der Waals surface area (Å²) >= 11 is 0. The van der Waals surface area contributed by atoms with Gasteiger partial charge in [0.05, 0.1) is 6.10 Å². The van der Waals surface area contributed by atoms with Gasteiger partial charge in [0.2, 0.25) is 5.91 Å². The maximum Gasteiger partial charge on any atom is 0.326 e. The first kappa shape index (κ1) is 14.1. The van der Waals surface area contributed by atoms with Gasteiger partial charge in [-0.15, -0.1) is 0 Å². The zero-order valence-electron chi connectivity index (χ0n) is 10.8. The van der Waals surface area contributed by atoms with Crippen LogP contribution in [0.5, 0.6) is 0 Å². The van der Waals surface area contributed by atoms with Gasteiger partial charge >= 0.3 is 5.97 Å². The second kappa shape index (κ2) is 5.75. The maximum atomic E-state index is 12.0. The van der Waals surface area contributed by atoms with E-state index in [2.05, 4.69) is 0 Å². The first-order chi connectivity index (χ1) is 9.47. The van der Waals surface area contributed by atoms with Crippen molar-refractivity contribution in [2.45, 2.75) is 18.6 Å². The lowest BCUT2D eigenvalue weighted by Gasteiger charge is -2.19. The summed E-state index contributed by atoms with van der Waals surface area (Å²) in [6.07, 6.45) is 2.17. The summed E-state index contributed by atoms with van der Waals surface area (Å²) in [6.45, 7) is 0.0435. The lowest BCUT2D eigenvalue weighted by Crippen LogP contribution is -2.39. The SMILES string of the molecule is Nc1ccc(/C=C/C(=O)N2C[C@@H](O)C[C@H]2C(=O)O)cc1. The summed E-state index contributed by atoms with van der Waals surface area (Å²) in [7, 11) is 0. The number of anilines is 1. The predicted molar refractivity (Wildman–Crippen MR) is 73.6 cm³/mol. The van der Waals surface area contributed by atoms with E-state index in [1.54, 1.807) is 30.3 Å². The predicted octanol–water partition coefficient (Wildman–Crippen LogP) is 0.328. The van der Waals surface area contributed by atoms with Crippen molar-refractivity contribution in [2.24, 2.45) is 0 Å². The molecule has 0 radical (unpaired) electrons. The number of benzene rings is 1. The Kier molecular flexibility index (Phi) is 4.05. The number of carbonyl (C=O) groups is 2. The Morgan fingerprint density at radius 2 is 1.95 bits per heavy atom. The number of likely N-dealkylation sites (tertiary alicyclic amines) is 1. The fraction of sp³-hybridized carbons (Fsp3) is 0.286. The molecule has 0 unspecified atom stereocenters. The molecule has 1 aromatic carbocycles. The number of aliphatic carboxylic acids is 1. The van der Waals surface area contributed by atoms with Gasteiger partial charge in [-0.2, -0.15) is 0 Å². The largest absolute Gasteiger partial charge is 0.480 e. The van der Waals surface area contributed by atoms with Crippen LogP contribution >= 0.6 is 0 Å². The van der Waals surface area contributed by atoms with Crippen LogP contribution in [0.4, 0.5) is 5.69 Å². The normalized spacial score (nSPS) is 22.4. The number of nitrogens with two attached hydrogens (primary N) is 1. The van der Waals surface area contributed by atoms with E-state index < -0.39 is 24.0 Å². The van der Waals surface area contributed by atoms with Crippen LogP contribution < -0.4 is 5.73 Å². The highest BCUT2D eigenvalue weighted by Gasteiger charge is 2.37. The van der Waals surface area contributed by atoms with Gasteiger partial charge < -0.3 is 20.8 Å². The van der Waals surface area contributed by atoms with E-state index in [0.29, 0.717) is 5.69 Å². The molecule has 4 N–H and O–H groups in total. The Labute approximate surface area is 116 Å². The number of hydrogen-bond donors (Lipinski definition) is 3. The zero-order valence-corrected chi connectivity index (χ0v) is 10.8. The molecular weight excluding hydrogens is 260 g/mol. The lowest BCUT2D eigenvalue weighted by atomic mass is 10.2. The van der Waals surface area contributed by atoms with Crippen LogP contribution in [0.25, 0.3) is 6.08 Å². The number of rotatable bonds is 3. The number of aliphatic hydroxyl groups is 1. The quantitative estimate of drug-likeness (QED) is 0.545. The van der Waals surface area contributed by atoms with Crippen LogP contribution in [-0.4, -0.2) is 45.7 Å². The van der Waals surface area contributed by atoms with Gasteiger partial charge in [0.25, 0.3) is 0 Å². The molecule has 1 aliphatic heterocycles. The molecule has 1 heterocycles. The third-order valence-corrected chi connectivity index (χ3v) is 3.20. The molecule has 0 bridgehead atoms. The van der Waals surface area contributed by atoms with Crippen molar-refractivity contribution in [3.05, 3.63) is 35.9 Å². The summed E-state index contributed by atoms with van der Waals surface area (Å²) < 4.78 is 0. The zero-order chi connectivity index (χ0) is 14.7. The molecule has 0 aromatic heterocycles. The van der Waals surface area contributed by atoms with Gasteiger partial charge in [0.1, 0.15) is 6.04 Å². The van der Waals surface area contributed by atoms with Crippen LogP contribution in [-0.2, 0) is 9.59 Å². The molecule has 1 aromatic rings. The molecule has 0 aliphatic carbocycles. The van der Waals surface area contributed by atoms with E-state index in [1.807, 2.05) is 0 Å². The van der Waals surface area contributed by atoms with Crippen LogP contribution in [0, 0.1) is 0 Å². The van der Waals surface area contributed by atoms with Crippen LogP contribution in [0.2, 0.25) is 0 Å². The number of β-amino-alcohol motifs (C(OH)–C–C–N with tert-alkyl or cyclic N) is 1.